The molecule has 0 fully saturated rings. The number of nitrogens with zero attached hydrogens (tertiary/aromatic N) is 2. The van der Waals surface area contributed by atoms with Gasteiger partial charge < -0.3 is 10.2 Å². The Labute approximate surface area is 131 Å². The van der Waals surface area contributed by atoms with Crippen molar-refractivity contribution >= 4 is 28.0 Å². The van der Waals surface area contributed by atoms with E-state index in [1.807, 2.05) is 20.8 Å². The average molecular weight is 323 g/mol. The summed E-state index contributed by atoms with van der Waals surface area (Å²) >= 11 is 0. The lowest BCUT2D eigenvalue weighted by atomic mass is 10.1. The van der Waals surface area contributed by atoms with Gasteiger partial charge in [0.2, 0.25) is 0 Å². The van der Waals surface area contributed by atoms with Gasteiger partial charge in [0.1, 0.15) is 11.2 Å². The standard InChI is InChI=1S/C15H21N3O3S/c1-4-8-18-10-16-22(20,21)14-9-12(6-7-13(14)18)15(19)17-11(3)5-2/h6-7,9-11H,4-5,8H2,1-3H3,(H,17,19)/t11-/m0/s1. The van der Waals surface area contributed by atoms with Crippen LogP contribution in [0.25, 0.3) is 0 Å². The monoisotopic (exact) mass is 323 g/mol. The molecule has 1 N–H and O–H groups in total. The number of benzene rings is 1. The van der Waals surface area contributed by atoms with Crippen LogP contribution in [0, 0.1) is 0 Å². The van der Waals surface area contributed by atoms with Crippen LogP contribution in [-0.2, 0) is 10.0 Å². The van der Waals surface area contributed by atoms with Gasteiger partial charge in [-0.15, -0.1) is 4.40 Å². The lowest BCUT2D eigenvalue weighted by Crippen LogP contribution is -2.32. The van der Waals surface area contributed by atoms with Gasteiger partial charge in [-0.2, -0.15) is 8.42 Å². The van der Waals surface area contributed by atoms with Crippen molar-refractivity contribution in [1.29, 1.82) is 0 Å². The molecule has 22 heavy (non-hydrogen) atoms. The van der Waals surface area contributed by atoms with Gasteiger partial charge in [-0.25, -0.2) is 0 Å². The number of fused-ring (bicyclic) bond motifs is 1. The molecule has 0 radical (unpaired) electrons. The van der Waals surface area contributed by atoms with Crippen molar-refractivity contribution in [2.75, 3.05) is 11.4 Å². The third-order valence-corrected chi connectivity index (χ3v) is 4.84. The molecule has 120 valence electrons. The summed E-state index contributed by atoms with van der Waals surface area (Å²) in [5, 5.41) is 2.83. The molecule has 0 spiro atoms. The van der Waals surface area contributed by atoms with Crippen LogP contribution in [0.3, 0.4) is 0 Å². The van der Waals surface area contributed by atoms with Crippen LogP contribution in [0.1, 0.15) is 44.0 Å². The molecule has 0 bridgehead atoms. The Morgan fingerprint density at radius 2 is 2.09 bits per heavy atom. The van der Waals surface area contributed by atoms with Gasteiger partial charge in [0.15, 0.2) is 0 Å². The van der Waals surface area contributed by atoms with Crippen molar-refractivity contribution in [1.82, 2.24) is 5.32 Å². The second-order valence-corrected chi connectivity index (χ2v) is 6.96. The maximum Gasteiger partial charge on any atom is 0.285 e. The van der Waals surface area contributed by atoms with Gasteiger partial charge in [-0.05, 0) is 38.0 Å². The van der Waals surface area contributed by atoms with Gasteiger partial charge >= 0.3 is 0 Å². The molecule has 1 aliphatic heterocycles. The van der Waals surface area contributed by atoms with E-state index in [1.165, 1.54) is 12.4 Å². The predicted octanol–water partition coefficient (Wildman–Crippen LogP) is 2.16. The lowest BCUT2D eigenvalue weighted by molar-refractivity contribution is 0.0939. The largest absolute Gasteiger partial charge is 0.350 e. The number of nitrogens with one attached hydrogen (secondary N) is 1. The Balaban J connectivity index is 2.39. The number of carbonyl (C=O) groups excluding carboxylic acids is 1. The first-order chi connectivity index (χ1) is 10.4. The van der Waals surface area contributed by atoms with E-state index in [2.05, 4.69) is 9.71 Å². The molecule has 1 amide bonds. The molecule has 0 aliphatic carbocycles. The highest BCUT2D eigenvalue weighted by molar-refractivity contribution is 7.90. The van der Waals surface area contributed by atoms with Gasteiger partial charge in [-0.3, -0.25) is 4.79 Å². The maximum atomic E-state index is 12.2. The lowest BCUT2D eigenvalue weighted by Gasteiger charge is -2.25. The van der Waals surface area contributed by atoms with E-state index in [9.17, 15) is 13.2 Å². The molecule has 7 heteroatoms. The molecule has 0 saturated carbocycles. The van der Waals surface area contributed by atoms with Gasteiger partial charge in [0.05, 0.1) is 5.69 Å². The minimum absolute atomic E-state index is 0.0368. The molecular formula is C15H21N3O3S. The minimum atomic E-state index is -3.74. The van der Waals surface area contributed by atoms with Crippen LogP contribution in [0.2, 0.25) is 0 Å². The molecule has 6 nitrogen and oxygen atoms in total. The van der Waals surface area contributed by atoms with Crippen molar-refractivity contribution in [2.24, 2.45) is 4.40 Å². The number of amides is 1. The summed E-state index contributed by atoms with van der Waals surface area (Å²) in [6, 6.07) is 4.75. The molecule has 1 aliphatic rings. The maximum absolute atomic E-state index is 12.2. The fourth-order valence-electron chi connectivity index (χ4n) is 2.17. The Hall–Kier alpha value is -1.89. The minimum Gasteiger partial charge on any atom is -0.350 e. The van der Waals surface area contributed by atoms with Crippen LogP contribution >= 0.6 is 0 Å². The van der Waals surface area contributed by atoms with E-state index in [0.717, 1.165) is 12.8 Å². The summed E-state index contributed by atoms with van der Waals surface area (Å²) in [7, 11) is -3.74. The summed E-state index contributed by atoms with van der Waals surface area (Å²) in [6.07, 6.45) is 3.01. The van der Waals surface area contributed by atoms with E-state index in [1.54, 1.807) is 17.0 Å². The number of sulfonamides is 1. The average Bonchev–Trinajstić information content (AvgIpc) is 2.50. The summed E-state index contributed by atoms with van der Waals surface area (Å²) in [6.45, 7) is 6.55. The zero-order valence-corrected chi connectivity index (χ0v) is 13.9. The first-order valence-corrected chi connectivity index (χ1v) is 8.85. The van der Waals surface area contributed by atoms with E-state index >= 15 is 0 Å². The number of hydrogen-bond donors (Lipinski definition) is 1. The summed E-state index contributed by atoms with van der Waals surface area (Å²) < 4.78 is 27.9. The van der Waals surface area contributed by atoms with E-state index in [0.29, 0.717) is 17.8 Å². The van der Waals surface area contributed by atoms with E-state index < -0.39 is 10.0 Å². The second-order valence-electron chi connectivity index (χ2n) is 5.35. The molecule has 1 atom stereocenters. The number of anilines is 1. The Kier molecular flexibility index (Phi) is 4.85. The highest BCUT2D eigenvalue weighted by atomic mass is 32.2. The number of carbonyl (C=O) groups is 1. The van der Waals surface area contributed by atoms with Crippen molar-refractivity contribution in [2.45, 2.75) is 44.6 Å². The second kappa shape index (κ2) is 6.48. The fraction of sp³-hybridized carbons (Fsp3) is 0.467. The predicted molar refractivity (Wildman–Crippen MR) is 87.0 cm³/mol. The number of hydrogen-bond acceptors (Lipinski definition) is 4. The summed E-state index contributed by atoms with van der Waals surface area (Å²) in [5.74, 6) is -0.274. The van der Waals surface area contributed by atoms with Crippen LogP contribution in [0.5, 0.6) is 0 Å². The molecule has 0 unspecified atom stereocenters. The Morgan fingerprint density at radius 3 is 2.73 bits per heavy atom. The summed E-state index contributed by atoms with van der Waals surface area (Å²) in [5.41, 5.74) is 0.896. The van der Waals surface area contributed by atoms with Crippen LogP contribution in [0.15, 0.2) is 27.5 Å². The third-order valence-electron chi connectivity index (χ3n) is 3.59. The first kappa shape index (κ1) is 16.5. The number of rotatable bonds is 5. The molecule has 1 aromatic carbocycles. The van der Waals surface area contributed by atoms with Crippen LogP contribution in [0.4, 0.5) is 5.69 Å². The van der Waals surface area contributed by atoms with E-state index in [4.69, 9.17) is 0 Å². The Morgan fingerprint density at radius 1 is 1.36 bits per heavy atom. The van der Waals surface area contributed by atoms with Crippen molar-refractivity contribution in [3.05, 3.63) is 23.8 Å². The highest BCUT2D eigenvalue weighted by Gasteiger charge is 2.26. The quantitative estimate of drug-likeness (QED) is 0.900. The van der Waals surface area contributed by atoms with Crippen LogP contribution in [-0.4, -0.2) is 33.3 Å². The van der Waals surface area contributed by atoms with Crippen molar-refractivity contribution in [3.8, 4) is 0 Å². The van der Waals surface area contributed by atoms with Crippen LogP contribution < -0.4 is 10.2 Å². The highest BCUT2D eigenvalue weighted by Crippen LogP contribution is 2.30. The third kappa shape index (κ3) is 3.30. The molecule has 1 heterocycles. The topological polar surface area (TPSA) is 78.8 Å². The molecule has 2 rings (SSSR count). The molecule has 1 aromatic rings. The zero-order valence-electron chi connectivity index (χ0n) is 13.0. The normalized spacial score (nSPS) is 17.0. The Bertz CT molecular complexity index is 698. The fourth-order valence-corrected chi connectivity index (χ4v) is 3.24. The molecule has 0 saturated heterocycles. The van der Waals surface area contributed by atoms with Crippen molar-refractivity contribution < 1.29 is 13.2 Å². The van der Waals surface area contributed by atoms with Gasteiger partial charge in [0.25, 0.3) is 15.9 Å². The summed E-state index contributed by atoms with van der Waals surface area (Å²) in [4.78, 5) is 14.0. The van der Waals surface area contributed by atoms with Gasteiger partial charge in [0, 0.05) is 18.2 Å². The van der Waals surface area contributed by atoms with Gasteiger partial charge in [-0.1, -0.05) is 13.8 Å². The zero-order chi connectivity index (χ0) is 16.3. The van der Waals surface area contributed by atoms with E-state index in [-0.39, 0.29) is 16.8 Å². The SMILES string of the molecule is CCCN1C=NS(=O)(=O)c2cc(C(=O)N[C@@H](C)CC)ccc21. The first-order valence-electron chi connectivity index (χ1n) is 7.41. The molecular weight excluding hydrogens is 302 g/mol. The molecule has 0 aromatic heterocycles. The van der Waals surface area contributed by atoms with Crippen molar-refractivity contribution in [3.63, 3.8) is 0 Å². The smallest absolute Gasteiger partial charge is 0.285 e.